The molecule has 0 bridgehead atoms. The van der Waals surface area contributed by atoms with E-state index in [4.69, 9.17) is 4.42 Å². The third-order valence-corrected chi connectivity index (χ3v) is 4.16. The van der Waals surface area contributed by atoms with Crippen molar-refractivity contribution in [2.45, 2.75) is 52.1 Å². The number of hydrogen-bond acceptors (Lipinski definition) is 3. The van der Waals surface area contributed by atoms with Crippen molar-refractivity contribution in [3.8, 4) is 0 Å². The van der Waals surface area contributed by atoms with Crippen LogP contribution in [0.15, 0.2) is 10.5 Å². The second-order valence-corrected chi connectivity index (χ2v) is 6.03. The Morgan fingerprint density at radius 2 is 2.05 bits per heavy atom. The van der Waals surface area contributed by atoms with Gasteiger partial charge in [0.1, 0.15) is 11.5 Å². The van der Waals surface area contributed by atoms with Crippen LogP contribution in [0.2, 0.25) is 0 Å². The van der Waals surface area contributed by atoms with Crippen LogP contribution in [-0.2, 0) is 13.1 Å². The zero-order chi connectivity index (χ0) is 13.7. The average molecular weight is 264 g/mol. The predicted molar refractivity (Wildman–Crippen MR) is 79.1 cm³/mol. The molecular formula is C16H28N2O. The first-order valence-electron chi connectivity index (χ1n) is 7.60. The predicted octanol–water partition coefficient (Wildman–Crippen LogP) is 3.32. The molecule has 1 aliphatic carbocycles. The lowest BCUT2D eigenvalue weighted by Gasteiger charge is -2.26. The van der Waals surface area contributed by atoms with E-state index in [2.05, 4.69) is 30.3 Å². The van der Waals surface area contributed by atoms with Crippen LogP contribution < -0.4 is 5.32 Å². The summed E-state index contributed by atoms with van der Waals surface area (Å²) in [6.07, 6.45) is 7.10. The number of nitrogens with zero attached hydrogens (tertiary/aromatic N) is 1. The lowest BCUT2D eigenvalue weighted by atomic mass is 9.89. The second kappa shape index (κ2) is 7.11. The zero-order valence-corrected chi connectivity index (χ0v) is 12.7. The van der Waals surface area contributed by atoms with Gasteiger partial charge in [-0.2, -0.15) is 0 Å². The van der Waals surface area contributed by atoms with Crippen LogP contribution in [0.4, 0.5) is 0 Å². The summed E-state index contributed by atoms with van der Waals surface area (Å²) in [6.45, 7) is 5.08. The highest BCUT2D eigenvalue weighted by molar-refractivity contribution is 5.20. The van der Waals surface area contributed by atoms with Gasteiger partial charge in [0.05, 0.1) is 6.54 Å². The molecule has 1 saturated carbocycles. The maximum absolute atomic E-state index is 5.85. The van der Waals surface area contributed by atoms with E-state index < -0.39 is 0 Å². The van der Waals surface area contributed by atoms with Gasteiger partial charge < -0.3 is 9.73 Å². The standard InChI is InChI=1S/C16H28N2O/c1-13-15(10-17-2)9-16(19-13)12-18(3)11-14-7-5-4-6-8-14/h9,14,17H,4-8,10-12H2,1-3H3. The molecule has 2 rings (SSSR count). The summed E-state index contributed by atoms with van der Waals surface area (Å²) in [4.78, 5) is 2.41. The Bertz CT molecular complexity index is 380. The minimum absolute atomic E-state index is 0.891. The molecule has 19 heavy (non-hydrogen) atoms. The van der Waals surface area contributed by atoms with Gasteiger partial charge in [0.25, 0.3) is 0 Å². The first kappa shape index (κ1) is 14.6. The van der Waals surface area contributed by atoms with E-state index in [1.54, 1.807) is 0 Å². The normalized spacial score (nSPS) is 17.3. The molecular weight excluding hydrogens is 236 g/mol. The van der Waals surface area contributed by atoms with Crippen molar-refractivity contribution in [2.24, 2.45) is 5.92 Å². The third kappa shape index (κ3) is 4.36. The Kier molecular flexibility index (Phi) is 5.46. The minimum Gasteiger partial charge on any atom is -0.465 e. The molecule has 1 aromatic rings. The van der Waals surface area contributed by atoms with Gasteiger partial charge in [0, 0.05) is 18.7 Å². The van der Waals surface area contributed by atoms with Crippen molar-refractivity contribution in [2.75, 3.05) is 20.6 Å². The van der Waals surface area contributed by atoms with Crippen molar-refractivity contribution >= 4 is 0 Å². The largest absolute Gasteiger partial charge is 0.465 e. The fraction of sp³-hybridized carbons (Fsp3) is 0.750. The van der Waals surface area contributed by atoms with Crippen LogP contribution in [0.1, 0.15) is 49.2 Å². The molecule has 3 nitrogen and oxygen atoms in total. The van der Waals surface area contributed by atoms with Crippen molar-refractivity contribution in [3.63, 3.8) is 0 Å². The first-order chi connectivity index (χ1) is 9.19. The van der Waals surface area contributed by atoms with Gasteiger partial charge in [-0.3, -0.25) is 4.90 Å². The fourth-order valence-electron chi connectivity index (χ4n) is 3.17. The van der Waals surface area contributed by atoms with Crippen LogP contribution in [-0.4, -0.2) is 25.5 Å². The Morgan fingerprint density at radius 3 is 2.74 bits per heavy atom. The third-order valence-electron chi connectivity index (χ3n) is 4.16. The van der Waals surface area contributed by atoms with Crippen molar-refractivity contribution in [1.29, 1.82) is 0 Å². The molecule has 1 N–H and O–H groups in total. The summed E-state index contributed by atoms with van der Waals surface area (Å²) in [5.41, 5.74) is 1.28. The maximum atomic E-state index is 5.85. The number of furan rings is 1. The van der Waals surface area contributed by atoms with Crippen molar-refractivity contribution in [1.82, 2.24) is 10.2 Å². The molecule has 3 heteroatoms. The van der Waals surface area contributed by atoms with Gasteiger partial charge >= 0.3 is 0 Å². The monoisotopic (exact) mass is 264 g/mol. The smallest absolute Gasteiger partial charge is 0.118 e. The second-order valence-electron chi connectivity index (χ2n) is 6.03. The van der Waals surface area contributed by atoms with Gasteiger partial charge in [-0.15, -0.1) is 0 Å². The summed E-state index contributed by atoms with van der Waals surface area (Å²) in [7, 11) is 4.19. The minimum atomic E-state index is 0.891. The first-order valence-corrected chi connectivity index (χ1v) is 7.60. The molecule has 0 unspecified atom stereocenters. The van der Waals surface area contributed by atoms with Crippen LogP contribution >= 0.6 is 0 Å². The quantitative estimate of drug-likeness (QED) is 0.854. The van der Waals surface area contributed by atoms with E-state index in [1.807, 2.05) is 7.05 Å². The summed E-state index contributed by atoms with van der Waals surface area (Å²) in [6, 6.07) is 2.20. The van der Waals surface area contributed by atoms with Crippen molar-refractivity contribution in [3.05, 3.63) is 23.2 Å². The molecule has 1 fully saturated rings. The lowest BCUT2D eigenvalue weighted by molar-refractivity contribution is 0.215. The average Bonchev–Trinajstić information content (AvgIpc) is 2.71. The van der Waals surface area contributed by atoms with E-state index in [1.165, 1.54) is 44.2 Å². The summed E-state index contributed by atoms with van der Waals surface area (Å²) in [5, 5.41) is 3.18. The molecule has 1 aliphatic rings. The van der Waals surface area contributed by atoms with Gasteiger partial charge in [-0.05, 0) is 45.8 Å². The zero-order valence-electron chi connectivity index (χ0n) is 12.7. The maximum Gasteiger partial charge on any atom is 0.118 e. The molecule has 0 radical (unpaired) electrons. The highest BCUT2D eigenvalue weighted by Gasteiger charge is 2.16. The van der Waals surface area contributed by atoms with E-state index in [9.17, 15) is 0 Å². The lowest BCUT2D eigenvalue weighted by Crippen LogP contribution is -2.26. The number of nitrogens with one attached hydrogen (secondary N) is 1. The Morgan fingerprint density at radius 1 is 1.32 bits per heavy atom. The Hall–Kier alpha value is -0.800. The van der Waals surface area contributed by atoms with E-state index in [-0.39, 0.29) is 0 Å². The van der Waals surface area contributed by atoms with Gasteiger partial charge in [-0.25, -0.2) is 0 Å². The molecule has 0 aliphatic heterocycles. The molecule has 1 aromatic heterocycles. The number of hydrogen-bond donors (Lipinski definition) is 1. The highest BCUT2D eigenvalue weighted by atomic mass is 16.3. The van der Waals surface area contributed by atoms with E-state index >= 15 is 0 Å². The number of aryl methyl sites for hydroxylation is 1. The molecule has 0 spiro atoms. The highest BCUT2D eigenvalue weighted by Crippen LogP contribution is 2.25. The topological polar surface area (TPSA) is 28.4 Å². The SMILES string of the molecule is CNCc1cc(CN(C)CC2CCCCC2)oc1C. The molecule has 0 atom stereocenters. The number of rotatable bonds is 6. The van der Waals surface area contributed by atoms with E-state index in [0.717, 1.165) is 30.5 Å². The van der Waals surface area contributed by atoms with E-state index in [0.29, 0.717) is 0 Å². The van der Waals surface area contributed by atoms with Crippen LogP contribution in [0.3, 0.4) is 0 Å². The van der Waals surface area contributed by atoms with Crippen LogP contribution in [0.5, 0.6) is 0 Å². The summed E-state index contributed by atoms with van der Waals surface area (Å²) in [5.74, 6) is 3.04. The van der Waals surface area contributed by atoms with Crippen LogP contribution in [0.25, 0.3) is 0 Å². The molecule has 0 amide bonds. The fourth-order valence-corrected chi connectivity index (χ4v) is 3.17. The van der Waals surface area contributed by atoms with Crippen LogP contribution in [0, 0.1) is 12.8 Å². The molecule has 1 heterocycles. The molecule has 0 aromatic carbocycles. The Labute approximate surface area is 117 Å². The van der Waals surface area contributed by atoms with Gasteiger partial charge in [0.2, 0.25) is 0 Å². The van der Waals surface area contributed by atoms with Crippen molar-refractivity contribution < 1.29 is 4.42 Å². The Balaban J connectivity index is 1.83. The molecule has 108 valence electrons. The van der Waals surface area contributed by atoms with Gasteiger partial charge in [-0.1, -0.05) is 19.3 Å². The summed E-state index contributed by atoms with van der Waals surface area (Å²) < 4.78 is 5.85. The molecule has 0 saturated heterocycles. The summed E-state index contributed by atoms with van der Waals surface area (Å²) >= 11 is 0. The van der Waals surface area contributed by atoms with Gasteiger partial charge in [0.15, 0.2) is 0 Å².